The second kappa shape index (κ2) is 7.79. The second-order valence-electron chi connectivity index (χ2n) is 6.29. The predicted molar refractivity (Wildman–Crippen MR) is 99.8 cm³/mol. The van der Waals surface area contributed by atoms with E-state index in [1.165, 1.54) is 10.9 Å². The van der Waals surface area contributed by atoms with E-state index in [-0.39, 0.29) is 24.5 Å². The highest BCUT2D eigenvalue weighted by Crippen LogP contribution is 2.14. The zero-order valence-electron chi connectivity index (χ0n) is 14.3. The third-order valence-corrected chi connectivity index (χ3v) is 4.31. The van der Waals surface area contributed by atoms with E-state index in [1.807, 2.05) is 49.5 Å². The Bertz CT molecular complexity index is 878. The number of aromatic nitrogens is 1. The van der Waals surface area contributed by atoms with Gasteiger partial charge >= 0.3 is 0 Å². The standard InChI is InChI=1S/C21H22N2O2/c1-15-2-5-17(6-3-15)20(24)8-9-21(25)23-12-10-16-4-7-19-18(14-16)11-13-22-19/h2-7,11,13-14,22H,8-10,12H2,1H3,(H,23,25). The summed E-state index contributed by atoms with van der Waals surface area (Å²) in [5, 5.41) is 4.06. The van der Waals surface area contributed by atoms with Crippen molar-refractivity contribution in [2.24, 2.45) is 0 Å². The van der Waals surface area contributed by atoms with Crippen LogP contribution in [0.25, 0.3) is 10.9 Å². The van der Waals surface area contributed by atoms with E-state index in [0.717, 1.165) is 17.5 Å². The normalized spacial score (nSPS) is 10.8. The highest BCUT2D eigenvalue weighted by Gasteiger charge is 2.09. The third kappa shape index (κ3) is 4.57. The molecule has 2 N–H and O–H groups in total. The Labute approximate surface area is 147 Å². The summed E-state index contributed by atoms with van der Waals surface area (Å²) in [5.74, 6) is -0.0729. The SMILES string of the molecule is Cc1ccc(C(=O)CCC(=O)NCCc2ccc3[nH]ccc3c2)cc1. The maximum absolute atomic E-state index is 12.1. The molecule has 3 rings (SSSR count). The van der Waals surface area contributed by atoms with Crippen LogP contribution < -0.4 is 5.32 Å². The Hall–Kier alpha value is -2.88. The molecule has 4 heteroatoms. The summed E-state index contributed by atoms with van der Waals surface area (Å²) < 4.78 is 0. The van der Waals surface area contributed by atoms with Gasteiger partial charge in [0.1, 0.15) is 0 Å². The predicted octanol–water partition coefficient (Wildman–Crippen LogP) is 3.80. The smallest absolute Gasteiger partial charge is 0.220 e. The Kier molecular flexibility index (Phi) is 5.29. The van der Waals surface area contributed by atoms with Crippen molar-refractivity contribution in [3.05, 3.63) is 71.4 Å². The molecule has 25 heavy (non-hydrogen) atoms. The molecule has 1 aromatic heterocycles. The molecule has 0 saturated carbocycles. The summed E-state index contributed by atoms with van der Waals surface area (Å²) in [5.41, 5.74) is 4.08. The van der Waals surface area contributed by atoms with Crippen molar-refractivity contribution in [1.29, 1.82) is 0 Å². The largest absolute Gasteiger partial charge is 0.361 e. The van der Waals surface area contributed by atoms with Gasteiger partial charge in [0.15, 0.2) is 5.78 Å². The maximum atomic E-state index is 12.1. The molecule has 128 valence electrons. The minimum Gasteiger partial charge on any atom is -0.361 e. The van der Waals surface area contributed by atoms with E-state index in [9.17, 15) is 9.59 Å². The van der Waals surface area contributed by atoms with Crippen LogP contribution in [0.15, 0.2) is 54.7 Å². The van der Waals surface area contributed by atoms with Crippen LogP contribution in [-0.4, -0.2) is 23.2 Å². The van der Waals surface area contributed by atoms with Gasteiger partial charge in [-0.3, -0.25) is 9.59 Å². The van der Waals surface area contributed by atoms with Crippen molar-refractivity contribution in [1.82, 2.24) is 10.3 Å². The molecule has 0 saturated heterocycles. The quantitative estimate of drug-likeness (QED) is 0.646. The van der Waals surface area contributed by atoms with Crippen LogP contribution in [0.2, 0.25) is 0 Å². The molecular weight excluding hydrogens is 312 g/mol. The lowest BCUT2D eigenvalue weighted by molar-refractivity contribution is -0.121. The fourth-order valence-electron chi connectivity index (χ4n) is 2.80. The van der Waals surface area contributed by atoms with Gasteiger partial charge in [0.25, 0.3) is 0 Å². The number of H-pyrrole nitrogens is 1. The van der Waals surface area contributed by atoms with Gasteiger partial charge in [0, 0.05) is 36.7 Å². The van der Waals surface area contributed by atoms with E-state index >= 15 is 0 Å². The molecule has 0 unspecified atom stereocenters. The summed E-state index contributed by atoms with van der Waals surface area (Å²) in [6.45, 7) is 2.56. The van der Waals surface area contributed by atoms with Crippen LogP contribution in [0, 0.1) is 6.92 Å². The van der Waals surface area contributed by atoms with Crippen LogP contribution in [0.5, 0.6) is 0 Å². The summed E-state index contributed by atoms with van der Waals surface area (Å²) in [7, 11) is 0. The number of hydrogen-bond acceptors (Lipinski definition) is 2. The number of carbonyl (C=O) groups is 2. The fraction of sp³-hybridized carbons (Fsp3) is 0.238. The molecule has 1 amide bonds. The first kappa shape index (κ1) is 17.0. The van der Waals surface area contributed by atoms with Gasteiger partial charge in [-0.25, -0.2) is 0 Å². The first-order chi connectivity index (χ1) is 12.1. The third-order valence-electron chi connectivity index (χ3n) is 4.31. The molecule has 0 aliphatic heterocycles. The lowest BCUT2D eigenvalue weighted by Crippen LogP contribution is -2.26. The van der Waals surface area contributed by atoms with Crippen LogP contribution in [0.3, 0.4) is 0 Å². The van der Waals surface area contributed by atoms with Crippen LogP contribution >= 0.6 is 0 Å². The minimum absolute atomic E-state index is 0.00746. The summed E-state index contributed by atoms with van der Waals surface area (Å²) in [6.07, 6.45) is 3.16. The Morgan fingerprint density at radius 2 is 1.80 bits per heavy atom. The molecule has 0 spiro atoms. The van der Waals surface area contributed by atoms with Crippen molar-refractivity contribution in [3.63, 3.8) is 0 Å². The van der Waals surface area contributed by atoms with E-state index in [1.54, 1.807) is 0 Å². The molecule has 1 heterocycles. The highest BCUT2D eigenvalue weighted by atomic mass is 16.2. The summed E-state index contributed by atoms with van der Waals surface area (Å²) in [4.78, 5) is 27.2. The average molecular weight is 334 g/mol. The molecule has 0 atom stereocenters. The van der Waals surface area contributed by atoms with Gasteiger partial charge in [-0.2, -0.15) is 0 Å². The van der Waals surface area contributed by atoms with Gasteiger partial charge in [-0.05, 0) is 42.5 Å². The first-order valence-electron chi connectivity index (χ1n) is 8.54. The molecule has 0 aliphatic rings. The Morgan fingerprint density at radius 1 is 1.00 bits per heavy atom. The summed E-state index contributed by atoms with van der Waals surface area (Å²) >= 11 is 0. The van der Waals surface area contributed by atoms with Gasteiger partial charge in [-0.1, -0.05) is 35.9 Å². The van der Waals surface area contributed by atoms with Crippen molar-refractivity contribution >= 4 is 22.6 Å². The fourth-order valence-corrected chi connectivity index (χ4v) is 2.80. The Balaban J connectivity index is 1.41. The molecule has 4 nitrogen and oxygen atoms in total. The Morgan fingerprint density at radius 3 is 2.60 bits per heavy atom. The van der Waals surface area contributed by atoms with E-state index in [2.05, 4.69) is 22.4 Å². The van der Waals surface area contributed by atoms with Gasteiger partial charge < -0.3 is 10.3 Å². The molecule has 3 aromatic rings. The first-order valence-corrected chi connectivity index (χ1v) is 8.54. The van der Waals surface area contributed by atoms with Gasteiger partial charge in [-0.15, -0.1) is 0 Å². The number of fused-ring (bicyclic) bond motifs is 1. The number of carbonyl (C=O) groups excluding carboxylic acids is 2. The topological polar surface area (TPSA) is 62.0 Å². The number of ketones is 1. The number of rotatable bonds is 7. The van der Waals surface area contributed by atoms with Crippen molar-refractivity contribution < 1.29 is 9.59 Å². The van der Waals surface area contributed by atoms with Crippen molar-refractivity contribution in [2.75, 3.05) is 6.54 Å². The summed E-state index contributed by atoms with van der Waals surface area (Å²) in [6, 6.07) is 15.7. The number of Topliss-reactive ketones (excluding diaryl/α,β-unsaturated/α-hetero) is 1. The zero-order chi connectivity index (χ0) is 17.6. The minimum atomic E-state index is -0.0804. The molecule has 0 fully saturated rings. The number of benzene rings is 2. The van der Waals surface area contributed by atoms with Crippen molar-refractivity contribution in [3.8, 4) is 0 Å². The van der Waals surface area contributed by atoms with Crippen molar-refractivity contribution in [2.45, 2.75) is 26.2 Å². The lowest BCUT2D eigenvalue weighted by Gasteiger charge is -2.06. The number of hydrogen-bond donors (Lipinski definition) is 2. The lowest BCUT2D eigenvalue weighted by atomic mass is 10.0. The van der Waals surface area contributed by atoms with Gasteiger partial charge in [0.05, 0.1) is 0 Å². The zero-order valence-corrected chi connectivity index (χ0v) is 14.3. The molecule has 2 aromatic carbocycles. The monoisotopic (exact) mass is 334 g/mol. The van der Waals surface area contributed by atoms with E-state index < -0.39 is 0 Å². The molecule has 0 bridgehead atoms. The number of amides is 1. The van der Waals surface area contributed by atoms with E-state index in [4.69, 9.17) is 0 Å². The average Bonchev–Trinajstić information content (AvgIpc) is 3.08. The number of nitrogens with one attached hydrogen (secondary N) is 2. The molecule has 0 radical (unpaired) electrons. The molecule has 0 aliphatic carbocycles. The van der Waals surface area contributed by atoms with Crippen LogP contribution in [-0.2, 0) is 11.2 Å². The van der Waals surface area contributed by atoms with E-state index in [0.29, 0.717) is 12.1 Å². The van der Waals surface area contributed by atoms with Crippen LogP contribution in [0.4, 0.5) is 0 Å². The number of aromatic amines is 1. The molecular formula is C21H22N2O2. The highest BCUT2D eigenvalue weighted by molar-refractivity contribution is 5.97. The second-order valence-corrected chi connectivity index (χ2v) is 6.29. The van der Waals surface area contributed by atoms with Crippen LogP contribution in [0.1, 0.15) is 34.3 Å². The number of aryl methyl sites for hydroxylation is 1. The maximum Gasteiger partial charge on any atom is 0.220 e. The van der Waals surface area contributed by atoms with Gasteiger partial charge in [0.2, 0.25) is 5.91 Å².